The van der Waals surface area contributed by atoms with Crippen molar-refractivity contribution in [1.29, 1.82) is 0 Å². The fourth-order valence-corrected chi connectivity index (χ4v) is 4.84. The summed E-state index contributed by atoms with van der Waals surface area (Å²) in [7, 11) is 1.66. The topological polar surface area (TPSA) is 45.3 Å². The van der Waals surface area contributed by atoms with Crippen LogP contribution in [-0.4, -0.2) is 29.4 Å². The van der Waals surface area contributed by atoms with Crippen LogP contribution < -0.4 is 4.74 Å². The van der Waals surface area contributed by atoms with E-state index in [0.29, 0.717) is 12.1 Å². The molecule has 4 aromatic rings. The van der Waals surface area contributed by atoms with Crippen LogP contribution in [0.15, 0.2) is 77.3 Å². The number of ether oxygens (including phenoxy) is 1. The molecule has 3 aromatic carbocycles. The number of nitrogens with one attached hydrogen (secondary N) is 1. The number of fused-ring (bicyclic) bond motifs is 3. The van der Waals surface area contributed by atoms with E-state index >= 15 is 0 Å². The van der Waals surface area contributed by atoms with E-state index < -0.39 is 0 Å². The summed E-state index contributed by atoms with van der Waals surface area (Å²) in [4.78, 5) is 19.2. The molecule has 2 heterocycles. The van der Waals surface area contributed by atoms with E-state index in [1.807, 2.05) is 59.5 Å². The summed E-state index contributed by atoms with van der Waals surface area (Å²) in [5, 5.41) is 1.24. The normalized spacial score (nSPS) is 15.8. The lowest BCUT2D eigenvalue weighted by Crippen LogP contribution is -2.40. The Morgan fingerprint density at radius 3 is 2.53 bits per heavy atom. The Bertz CT molecular complexity index is 1230. The number of hydrogen-bond acceptors (Lipinski definition) is 2. The minimum absolute atomic E-state index is 0.0209. The third kappa shape index (κ3) is 3.10. The van der Waals surface area contributed by atoms with Gasteiger partial charge in [-0.3, -0.25) is 4.79 Å². The fourth-order valence-electron chi connectivity index (χ4n) is 4.38. The van der Waals surface area contributed by atoms with Gasteiger partial charge in [0.1, 0.15) is 5.75 Å². The largest absolute Gasteiger partial charge is 0.497 e. The Labute approximate surface area is 183 Å². The van der Waals surface area contributed by atoms with Gasteiger partial charge in [-0.05, 0) is 63.8 Å². The molecule has 5 heteroatoms. The molecule has 1 unspecified atom stereocenters. The summed E-state index contributed by atoms with van der Waals surface area (Å²) in [6, 6.07) is 23.8. The second-order valence-corrected chi connectivity index (χ2v) is 8.32. The van der Waals surface area contributed by atoms with Crippen LogP contribution in [0.5, 0.6) is 5.75 Å². The quantitative estimate of drug-likeness (QED) is 0.424. The Morgan fingerprint density at radius 1 is 1.03 bits per heavy atom. The molecule has 4 nitrogen and oxygen atoms in total. The van der Waals surface area contributed by atoms with Crippen LogP contribution in [-0.2, 0) is 6.42 Å². The van der Waals surface area contributed by atoms with Gasteiger partial charge in [0.2, 0.25) is 0 Å². The van der Waals surface area contributed by atoms with Crippen LogP contribution in [0.2, 0.25) is 0 Å². The van der Waals surface area contributed by atoms with Gasteiger partial charge in [0.25, 0.3) is 5.91 Å². The first-order valence-corrected chi connectivity index (χ1v) is 10.8. The van der Waals surface area contributed by atoms with Crippen molar-refractivity contribution >= 4 is 32.7 Å². The lowest BCUT2D eigenvalue weighted by Gasteiger charge is -2.36. The molecule has 0 saturated heterocycles. The summed E-state index contributed by atoms with van der Waals surface area (Å²) < 4.78 is 6.15. The number of rotatable bonds is 3. The van der Waals surface area contributed by atoms with E-state index in [-0.39, 0.29) is 11.9 Å². The highest BCUT2D eigenvalue weighted by atomic mass is 79.9. The first-order chi connectivity index (χ1) is 14.7. The molecular formula is C25H21BrN2O2. The van der Waals surface area contributed by atoms with Gasteiger partial charge in [0, 0.05) is 27.6 Å². The number of halogens is 1. The molecular weight excluding hydrogens is 440 g/mol. The first kappa shape index (κ1) is 18.9. The average molecular weight is 461 g/mol. The SMILES string of the molecule is COc1ccc(C2c3[nH]c4ccccc4c3CCN2C(=O)c2ccccc2Br)cc1. The zero-order valence-corrected chi connectivity index (χ0v) is 18.1. The molecule has 1 atom stereocenters. The van der Waals surface area contributed by atoms with E-state index in [9.17, 15) is 4.79 Å². The summed E-state index contributed by atoms with van der Waals surface area (Å²) in [6.07, 6.45) is 0.822. The van der Waals surface area contributed by atoms with Gasteiger partial charge in [-0.1, -0.05) is 42.5 Å². The average Bonchev–Trinajstić information content (AvgIpc) is 3.17. The Hall–Kier alpha value is -3.05. The molecule has 0 saturated carbocycles. The lowest BCUT2D eigenvalue weighted by molar-refractivity contribution is 0.0691. The van der Waals surface area contributed by atoms with E-state index in [2.05, 4.69) is 39.1 Å². The minimum atomic E-state index is -0.188. The molecule has 1 aliphatic rings. The van der Waals surface area contributed by atoms with Crippen LogP contribution in [0.25, 0.3) is 10.9 Å². The number of methoxy groups -OCH3 is 1. The summed E-state index contributed by atoms with van der Waals surface area (Å²) in [5.74, 6) is 0.822. The zero-order valence-electron chi connectivity index (χ0n) is 16.6. The van der Waals surface area contributed by atoms with Crippen LogP contribution >= 0.6 is 15.9 Å². The molecule has 1 aliphatic heterocycles. The maximum atomic E-state index is 13.6. The Morgan fingerprint density at radius 2 is 1.77 bits per heavy atom. The fraction of sp³-hybridized carbons (Fsp3) is 0.160. The zero-order chi connectivity index (χ0) is 20.7. The van der Waals surface area contributed by atoms with E-state index in [0.717, 1.165) is 33.4 Å². The maximum Gasteiger partial charge on any atom is 0.255 e. The van der Waals surface area contributed by atoms with Crippen molar-refractivity contribution < 1.29 is 9.53 Å². The van der Waals surface area contributed by atoms with Crippen molar-refractivity contribution in [3.63, 3.8) is 0 Å². The first-order valence-electron chi connectivity index (χ1n) is 9.96. The highest BCUT2D eigenvalue weighted by molar-refractivity contribution is 9.10. The number of nitrogens with zero attached hydrogens (tertiary/aromatic N) is 1. The van der Waals surface area contributed by atoms with Gasteiger partial charge in [-0.25, -0.2) is 0 Å². The molecule has 30 heavy (non-hydrogen) atoms. The third-order valence-corrected chi connectivity index (χ3v) is 6.52. The highest BCUT2D eigenvalue weighted by Crippen LogP contribution is 2.39. The molecule has 0 bridgehead atoms. The number of H-pyrrole nitrogens is 1. The second-order valence-electron chi connectivity index (χ2n) is 7.47. The van der Waals surface area contributed by atoms with Crippen molar-refractivity contribution in [2.45, 2.75) is 12.5 Å². The van der Waals surface area contributed by atoms with Gasteiger partial charge >= 0.3 is 0 Å². The molecule has 1 N–H and O–H groups in total. The summed E-state index contributed by atoms with van der Waals surface area (Å²) in [5.41, 5.74) is 5.23. The van der Waals surface area contributed by atoms with E-state index in [4.69, 9.17) is 4.74 Å². The molecule has 0 aliphatic carbocycles. The van der Waals surface area contributed by atoms with Crippen molar-refractivity contribution in [3.05, 3.63) is 99.7 Å². The standard InChI is InChI=1S/C25H21BrN2O2/c1-30-17-12-10-16(11-13-17)24-23-19(18-6-3-5-9-22(18)27-23)14-15-28(24)25(29)20-7-2-4-8-21(20)26/h2-13,24,27H,14-15H2,1H3. The minimum Gasteiger partial charge on any atom is -0.497 e. The lowest BCUT2D eigenvalue weighted by atomic mass is 9.91. The monoisotopic (exact) mass is 460 g/mol. The van der Waals surface area contributed by atoms with Crippen LogP contribution in [0.3, 0.4) is 0 Å². The van der Waals surface area contributed by atoms with Crippen molar-refractivity contribution in [1.82, 2.24) is 9.88 Å². The molecule has 0 spiro atoms. The molecule has 1 amide bonds. The van der Waals surface area contributed by atoms with Gasteiger partial charge in [0.15, 0.2) is 0 Å². The highest BCUT2D eigenvalue weighted by Gasteiger charge is 2.35. The van der Waals surface area contributed by atoms with Crippen LogP contribution in [0, 0.1) is 0 Å². The number of benzene rings is 3. The smallest absolute Gasteiger partial charge is 0.255 e. The Kier molecular flexibility index (Phi) is 4.83. The predicted octanol–water partition coefficient (Wildman–Crippen LogP) is 5.73. The van der Waals surface area contributed by atoms with E-state index in [1.54, 1.807) is 7.11 Å². The number of hydrogen-bond donors (Lipinski definition) is 1. The third-order valence-electron chi connectivity index (χ3n) is 5.83. The van der Waals surface area contributed by atoms with Crippen molar-refractivity contribution in [2.24, 2.45) is 0 Å². The van der Waals surface area contributed by atoms with Gasteiger partial charge < -0.3 is 14.6 Å². The number of carbonyl (C=O) groups excluding carboxylic acids is 1. The van der Waals surface area contributed by atoms with Crippen LogP contribution in [0.4, 0.5) is 0 Å². The van der Waals surface area contributed by atoms with Crippen molar-refractivity contribution in [2.75, 3.05) is 13.7 Å². The molecule has 0 radical (unpaired) electrons. The van der Waals surface area contributed by atoms with E-state index in [1.165, 1.54) is 10.9 Å². The van der Waals surface area contributed by atoms with Crippen molar-refractivity contribution in [3.8, 4) is 5.75 Å². The van der Waals surface area contributed by atoms with Gasteiger partial charge in [-0.15, -0.1) is 0 Å². The summed E-state index contributed by atoms with van der Waals surface area (Å²) in [6.45, 7) is 0.658. The van der Waals surface area contributed by atoms with Gasteiger partial charge in [-0.2, -0.15) is 0 Å². The molecule has 0 fully saturated rings. The second kappa shape index (κ2) is 7.65. The number of carbonyl (C=O) groups is 1. The summed E-state index contributed by atoms with van der Waals surface area (Å²) >= 11 is 3.55. The molecule has 150 valence electrons. The number of aromatic nitrogens is 1. The molecule has 1 aromatic heterocycles. The Balaban J connectivity index is 1.66. The predicted molar refractivity (Wildman–Crippen MR) is 122 cm³/mol. The number of aromatic amines is 1. The van der Waals surface area contributed by atoms with Crippen LogP contribution in [0.1, 0.15) is 33.2 Å². The number of amides is 1. The van der Waals surface area contributed by atoms with Gasteiger partial charge in [0.05, 0.1) is 18.7 Å². The number of para-hydroxylation sites is 1. The molecule has 5 rings (SSSR count). The maximum absolute atomic E-state index is 13.6.